The molecule has 5 N–H and O–H groups in total. The molecule has 130 valence electrons. The molecule has 1 amide bonds. The summed E-state index contributed by atoms with van der Waals surface area (Å²) in [6, 6.07) is 13.6. The number of rotatable bonds is 4. The summed E-state index contributed by atoms with van der Waals surface area (Å²) in [6.07, 6.45) is 0. The molecule has 0 saturated carbocycles. The Balaban J connectivity index is 1.49. The van der Waals surface area contributed by atoms with Crippen molar-refractivity contribution < 1.29 is 4.79 Å². The highest BCUT2D eigenvalue weighted by Gasteiger charge is 2.11. The number of imidazole rings is 1. The van der Waals surface area contributed by atoms with Crippen molar-refractivity contribution in [3.8, 4) is 0 Å². The van der Waals surface area contributed by atoms with Crippen LogP contribution in [0.4, 0.5) is 11.6 Å². The van der Waals surface area contributed by atoms with Crippen molar-refractivity contribution in [2.45, 2.75) is 5.16 Å². The van der Waals surface area contributed by atoms with Gasteiger partial charge in [0.1, 0.15) is 0 Å². The fraction of sp³-hybridized carbons (Fsp3) is 0.0588. The number of nitrogens with zero attached hydrogens (tertiary/aromatic N) is 2. The third kappa shape index (κ3) is 3.11. The predicted molar refractivity (Wildman–Crippen MR) is 102 cm³/mol. The number of amides is 1. The molecule has 0 saturated heterocycles. The van der Waals surface area contributed by atoms with E-state index in [2.05, 4.69) is 25.3 Å². The summed E-state index contributed by atoms with van der Waals surface area (Å²) in [5.41, 5.74) is 6.31. The molecule has 0 aliphatic rings. The number of hydrogen-bond acceptors (Lipinski definition) is 6. The van der Waals surface area contributed by atoms with E-state index in [1.54, 1.807) is 0 Å². The van der Waals surface area contributed by atoms with E-state index in [9.17, 15) is 9.59 Å². The minimum atomic E-state index is -0.396. The van der Waals surface area contributed by atoms with Crippen molar-refractivity contribution in [1.82, 2.24) is 19.9 Å². The SMILES string of the molecule is Nc1nc2nc(SCC(=O)Nc3cccc4ccccc34)[nH]c2c(=O)[nH]1. The first kappa shape index (κ1) is 16.2. The highest BCUT2D eigenvalue weighted by atomic mass is 32.2. The molecule has 4 rings (SSSR count). The van der Waals surface area contributed by atoms with Gasteiger partial charge in [0.15, 0.2) is 16.3 Å². The standard InChI is InChI=1S/C17H14N6O2S/c18-16-21-14-13(15(25)23-16)20-17(22-14)26-8-12(24)19-11-7-3-5-9-4-1-2-6-10(9)11/h1-7H,8H2,(H,19,24)(H4,18,20,21,22,23,25). The fourth-order valence-corrected chi connectivity index (χ4v) is 3.29. The lowest BCUT2D eigenvalue weighted by Crippen LogP contribution is -2.14. The number of carbonyl (C=O) groups is 1. The number of nitrogens with two attached hydrogens (primary N) is 1. The van der Waals surface area contributed by atoms with Gasteiger partial charge in [0, 0.05) is 11.1 Å². The van der Waals surface area contributed by atoms with Crippen LogP contribution in [0.1, 0.15) is 0 Å². The first-order valence-electron chi connectivity index (χ1n) is 7.76. The summed E-state index contributed by atoms with van der Waals surface area (Å²) in [5.74, 6) is -0.0383. The van der Waals surface area contributed by atoms with Gasteiger partial charge in [-0.05, 0) is 11.5 Å². The average Bonchev–Trinajstić information content (AvgIpc) is 3.04. The van der Waals surface area contributed by atoms with Gasteiger partial charge in [-0.1, -0.05) is 48.2 Å². The number of hydrogen-bond donors (Lipinski definition) is 4. The Morgan fingerprint density at radius 3 is 2.81 bits per heavy atom. The Morgan fingerprint density at radius 2 is 1.92 bits per heavy atom. The molecule has 0 aliphatic heterocycles. The first-order valence-corrected chi connectivity index (χ1v) is 8.74. The van der Waals surface area contributed by atoms with E-state index < -0.39 is 5.56 Å². The largest absolute Gasteiger partial charge is 0.369 e. The number of benzene rings is 2. The highest BCUT2D eigenvalue weighted by molar-refractivity contribution is 7.99. The maximum atomic E-state index is 12.3. The number of nitrogens with one attached hydrogen (secondary N) is 3. The Kier molecular flexibility index (Phi) is 4.05. The average molecular weight is 366 g/mol. The van der Waals surface area contributed by atoms with Crippen LogP contribution >= 0.6 is 11.8 Å². The van der Waals surface area contributed by atoms with Crippen molar-refractivity contribution in [1.29, 1.82) is 0 Å². The topological polar surface area (TPSA) is 130 Å². The zero-order valence-electron chi connectivity index (χ0n) is 13.4. The summed E-state index contributed by atoms with van der Waals surface area (Å²) in [4.78, 5) is 37.4. The fourth-order valence-electron chi connectivity index (χ4n) is 2.63. The van der Waals surface area contributed by atoms with Gasteiger partial charge in [0.25, 0.3) is 5.56 Å². The Labute approximate surface area is 151 Å². The van der Waals surface area contributed by atoms with E-state index in [0.29, 0.717) is 5.16 Å². The predicted octanol–water partition coefficient (Wildman–Crippen LogP) is 2.11. The zero-order valence-corrected chi connectivity index (χ0v) is 14.3. The molecule has 0 unspecified atom stereocenters. The van der Waals surface area contributed by atoms with Gasteiger partial charge in [-0.3, -0.25) is 14.6 Å². The Morgan fingerprint density at radius 1 is 1.12 bits per heavy atom. The van der Waals surface area contributed by atoms with Gasteiger partial charge >= 0.3 is 0 Å². The molecule has 0 fully saturated rings. The highest BCUT2D eigenvalue weighted by Crippen LogP contribution is 2.23. The monoisotopic (exact) mass is 366 g/mol. The van der Waals surface area contributed by atoms with Crippen LogP contribution in [0.25, 0.3) is 21.9 Å². The minimum Gasteiger partial charge on any atom is -0.369 e. The van der Waals surface area contributed by atoms with Crippen LogP contribution in [-0.2, 0) is 4.79 Å². The van der Waals surface area contributed by atoms with Gasteiger partial charge in [-0.15, -0.1) is 0 Å². The van der Waals surface area contributed by atoms with Crippen molar-refractivity contribution in [2.75, 3.05) is 16.8 Å². The second-order valence-corrected chi connectivity index (χ2v) is 6.52. The maximum Gasteiger partial charge on any atom is 0.278 e. The Bertz CT molecular complexity index is 1180. The summed E-state index contributed by atoms with van der Waals surface area (Å²) in [6.45, 7) is 0. The van der Waals surface area contributed by atoms with Crippen LogP contribution in [-0.4, -0.2) is 31.6 Å². The van der Waals surface area contributed by atoms with E-state index >= 15 is 0 Å². The maximum absolute atomic E-state index is 12.3. The second-order valence-electron chi connectivity index (χ2n) is 5.56. The van der Waals surface area contributed by atoms with Crippen LogP contribution in [0.3, 0.4) is 0 Å². The van der Waals surface area contributed by atoms with E-state index in [-0.39, 0.29) is 28.8 Å². The summed E-state index contributed by atoms with van der Waals surface area (Å²) in [7, 11) is 0. The first-order chi connectivity index (χ1) is 12.6. The van der Waals surface area contributed by atoms with Gasteiger partial charge in [-0.25, -0.2) is 4.98 Å². The van der Waals surface area contributed by atoms with Crippen molar-refractivity contribution in [3.05, 3.63) is 52.8 Å². The zero-order chi connectivity index (χ0) is 18.1. The molecule has 26 heavy (non-hydrogen) atoms. The Hall–Kier alpha value is -3.33. The van der Waals surface area contributed by atoms with Crippen LogP contribution in [0, 0.1) is 0 Å². The molecular weight excluding hydrogens is 352 g/mol. The molecule has 4 aromatic rings. The van der Waals surface area contributed by atoms with Crippen LogP contribution < -0.4 is 16.6 Å². The number of fused-ring (bicyclic) bond motifs is 2. The summed E-state index contributed by atoms with van der Waals surface area (Å²) < 4.78 is 0. The third-order valence-electron chi connectivity index (χ3n) is 3.76. The van der Waals surface area contributed by atoms with Crippen LogP contribution in [0.5, 0.6) is 0 Å². The molecule has 0 spiro atoms. The quantitative estimate of drug-likeness (QED) is 0.409. The van der Waals surface area contributed by atoms with Gasteiger partial charge < -0.3 is 16.0 Å². The van der Waals surface area contributed by atoms with Gasteiger partial charge in [0.2, 0.25) is 11.9 Å². The molecule has 8 nitrogen and oxygen atoms in total. The molecule has 2 heterocycles. The van der Waals surface area contributed by atoms with E-state index in [1.165, 1.54) is 11.8 Å². The number of anilines is 2. The summed E-state index contributed by atoms with van der Waals surface area (Å²) >= 11 is 1.18. The minimum absolute atomic E-state index is 0.000696. The summed E-state index contributed by atoms with van der Waals surface area (Å²) in [5, 5.41) is 5.36. The lowest BCUT2D eigenvalue weighted by atomic mass is 10.1. The number of H-pyrrole nitrogens is 2. The van der Waals surface area contributed by atoms with Crippen molar-refractivity contribution in [3.63, 3.8) is 0 Å². The number of thioether (sulfide) groups is 1. The molecule has 2 aromatic carbocycles. The number of nitrogen functional groups attached to an aromatic ring is 1. The third-order valence-corrected chi connectivity index (χ3v) is 4.64. The molecule has 0 aliphatic carbocycles. The normalized spacial score (nSPS) is 11.1. The van der Waals surface area contributed by atoms with Crippen molar-refractivity contribution >= 4 is 51.2 Å². The number of aromatic amines is 2. The van der Waals surface area contributed by atoms with Gasteiger partial charge in [0.05, 0.1) is 5.75 Å². The molecule has 0 bridgehead atoms. The molecule has 2 aromatic heterocycles. The molecule has 0 atom stereocenters. The smallest absolute Gasteiger partial charge is 0.278 e. The number of aromatic nitrogens is 4. The lowest BCUT2D eigenvalue weighted by Gasteiger charge is -2.08. The number of carbonyl (C=O) groups excluding carboxylic acids is 1. The van der Waals surface area contributed by atoms with Crippen LogP contribution in [0.15, 0.2) is 52.4 Å². The van der Waals surface area contributed by atoms with E-state index in [4.69, 9.17) is 5.73 Å². The van der Waals surface area contributed by atoms with E-state index in [0.717, 1.165) is 16.5 Å². The van der Waals surface area contributed by atoms with Crippen molar-refractivity contribution in [2.24, 2.45) is 0 Å². The van der Waals surface area contributed by atoms with E-state index in [1.807, 2.05) is 42.5 Å². The molecule has 0 radical (unpaired) electrons. The molecule has 9 heteroatoms. The lowest BCUT2D eigenvalue weighted by molar-refractivity contribution is -0.113. The molecular formula is C17H14N6O2S. The van der Waals surface area contributed by atoms with Crippen LogP contribution in [0.2, 0.25) is 0 Å². The second kappa shape index (κ2) is 6.52. The van der Waals surface area contributed by atoms with Gasteiger partial charge in [-0.2, -0.15) is 4.98 Å².